The van der Waals surface area contributed by atoms with Crippen molar-refractivity contribution < 1.29 is 59.2 Å². The molecule has 14 nitrogen and oxygen atoms in total. The molecule has 2 aliphatic rings. The predicted octanol–water partition coefficient (Wildman–Crippen LogP) is -4.19. The highest BCUT2D eigenvalue weighted by molar-refractivity contribution is 7.99. The molecule has 2 rings (SSSR count). The van der Waals surface area contributed by atoms with Crippen LogP contribution in [0.1, 0.15) is 6.92 Å². The Labute approximate surface area is 212 Å². The molecule has 15 heteroatoms. The molecule has 0 aromatic heterocycles. The number of nitrogens with one attached hydrogen (secondary N) is 2. The van der Waals surface area contributed by atoms with Crippen LogP contribution in [-0.2, 0) is 28.5 Å². The van der Waals surface area contributed by atoms with Crippen LogP contribution in [-0.4, -0.2) is 142 Å². The number of aliphatic hydroxyl groups is 6. The molecule has 0 aliphatic carbocycles. The molecule has 8 N–H and O–H groups in total. The number of carbonyl (C=O) groups excluding carboxylic acids is 2. The lowest BCUT2D eigenvalue weighted by atomic mass is 9.95. The van der Waals surface area contributed by atoms with Gasteiger partial charge in [-0.05, 0) is 6.08 Å². The van der Waals surface area contributed by atoms with Crippen molar-refractivity contribution >= 4 is 23.6 Å². The van der Waals surface area contributed by atoms with E-state index >= 15 is 0 Å². The minimum atomic E-state index is -1.75. The van der Waals surface area contributed by atoms with Crippen LogP contribution in [0.15, 0.2) is 12.7 Å². The molecule has 10 atom stereocenters. The van der Waals surface area contributed by atoms with Gasteiger partial charge in [-0.3, -0.25) is 9.59 Å². The van der Waals surface area contributed by atoms with Gasteiger partial charge in [0.25, 0.3) is 0 Å². The molecule has 0 aromatic carbocycles. The van der Waals surface area contributed by atoms with E-state index in [0.717, 1.165) is 0 Å². The summed E-state index contributed by atoms with van der Waals surface area (Å²) in [7, 11) is 0. The fourth-order valence-electron chi connectivity index (χ4n) is 3.74. The molecule has 0 bridgehead atoms. The van der Waals surface area contributed by atoms with Crippen molar-refractivity contribution in [3.05, 3.63) is 12.7 Å². The van der Waals surface area contributed by atoms with Gasteiger partial charge in [0, 0.05) is 25.0 Å². The molecule has 208 valence electrons. The Kier molecular flexibility index (Phi) is 13.0. The van der Waals surface area contributed by atoms with Crippen LogP contribution in [0.5, 0.6) is 0 Å². The van der Waals surface area contributed by atoms with Gasteiger partial charge in [-0.15, -0.1) is 0 Å². The highest BCUT2D eigenvalue weighted by Crippen LogP contribution is 2.29. The monoisotopic (exact) mass is 540 g/mol. The van der Waals surface area contributed by atoms with Gasteiger partial charge >= 0.3 is 0 Å². The maximum absolute atomic E-state index is 11.9. The van der Waals surface area contributed by atoms with E-state index in [-0.39, 0.29) is 12.5 Å². The van der Waals surface area contributed by atoms with Gasteiger partial charge in [0.15, 0.2) is 12.6 Å². The maximum Gasteiger partial charge on any atom is 0.243 e. The molecular formula is C21H36N2O12S. The Morgan fingerprint density at radius 2 is 1.61 bits per heavy atom. The van der Waals surface area contributed by atoms with Crippen LogP contribution in [0.3, 0.4) is 0 Å². The molecule has 2 fully saturated rings. The van der Waals surface area contributed by atoms with E-state index in [1.165, 1.54) is 24.8 Å². The average molecular weight is 541 g/mol. The van der Waals surface area contributed by atoms with Gasteiger partial charge in [0.1, 0.15) is 48.8 Å². The molecule has 0 spiro atoms. The summed E-state index contributed by atoms with van der Waals surface area (Å²) in [6.07, 6.45) is -12.0. The molecule has 0 radical (unpaired) electrons. The molecule has 0 saturated carbocycles. The number of hydrogen-bond donors (Lipinski definition) is 8. The fourth-order valence-corrected chi connectivity index (χ4v) is 4.40. The number of hydrogen-bond acceptors (Lipinski definition) is 13. The highest BCUT2D eigenvalue weighted by Gasteiger charge is 2.51. The van der Waals surface area contributed by atoms with Crippen molar-refractivity contribution in [3.8, 4) is 0 Å². The lowest BCUT2D eigenvalue weighted by molar-refractivity contribution is -0.344. The molecule has 0 aromatic rings. The van der Waals surface area contributed by atoms with Crippen LogP contribution in [0.25, 0.3) is 0 Å². The first-order valence-corrected chi connectivity index (χ1v) is 12.6. The van der Waals surface area contributed by atoms with Gasteiger partial charge in [-0.25, -0.2) is 0 Å². The second kappa shape index (κ2) is 15.1. The smallest absolute Gasteiger partial charge is 0.243 e. The highest BCUT2D eigenvalue weighted by atomic mass is 32.2. The summed E-state index contributed by atoms with van der Waals surface area (Å²) in [5, 5.41) is 65.4. The summed E-state index contributed by atoms with van der Waals surface area (Å²) in [6.45, 7) is 3.85. The van der Waals surface area contributed by atoms with E-state index in [2.05, 4.69) is 17.2 Å². The molecule has 2 aliphatic heterocycles. The zero-order valence-corrected chi connectivity index (χ0v) is 20.7. The second-order valence-corrected chi connectivity index (χ2v) is 9.44. The minimum Gasteiger partial charge on any atom is -0.394 e. The van der Waals surface area contributed by atoms with Crippen LogP contribution in [0.4, 0.5) is 0 Å². The average Bonchev–Trinajstić information content (AvgIpc) is 2.86. The van der Waals surface area contributed by atoms with Crippen LogP contribution in [0, 0.1) is 0 Å². The third kappa shape index (κ3) is 8.32. The van der Waals surface area contributed by atoms with E-state index in [9.17, 15) is 40.2 Å². The number of rotatable bonds is 13. The Morgan fingerprint density at radius 3 is 2.22 bits per heavy atom. The largest absolute Gasteiger partial charge is 0.394 e. The van der Waals surface area contributed by atoms with E-state index in [1.54, 1.807) is 0 Å². The van der Waals surface area contributed by atoms with Crippen molar-refractivity contribution in [1.82, 2.24) is 10.6 Å². The summed E-state index contributed by atoms with van der Waals surface area (Å²) in [5.74, 6) is 0.298. The fraction of sp³-hybridized carbons (Fsp3) is 0.810. The lowest BCUT2D eigenvalue weighted by Gasteiger charge is -2.47. The van der Waals surface area contributed by atoms with E-state index < -0.39 is 80.5 Å². The van der Waals surface area contributed by atoms with Crippen molar-refractivity contribution in [2.45, 2.75) is 68.3 Å². The summed E-state index contributed by atoms with van der Waals surface area (Å²) >= 11 is 1.47. The molecule has 0 unspecified atom stereocenters. The maximum atomic E-state index is 11.9. The summed E-state index contributed by atoms with van der Waals surface area (Å²) in [5.41, 5.74) is 0. The molecule has 36 heavy (non-hydrogen) atoms. The number of aliphatic hydroxyl groups excluding tert-OH is 6. The zero-order chi connectivity index (χ0) is 26.8. The summed E-state index contributed by atoms with van der Waals surface area (Å²) < 4.78 is 22.5. The first-order valence-electron chi connectivity index (χ1n) is 11.4. The van der Waals surface area contributed by atoms with E-state index in [1.807, 2.05) is 0 Å². The van der Waals surface area contributed by atoms with Crippen LogP contribution in [0.2, 0.25) is 0 Å². The third-order valence-electron chi connectivity index (χ3n) is 5.60. The predicted molar refractivity (Wildman–Crippen MR) is 124 cm³/mol. The number of amides is 2. The van der Waals surface area contributed by atoms with E-state index in [0.29, 0.717) is 18.1 Å². The quantitative estimate of drug-likeness (QED) is 0.0822. The van der Waals surface area contributed by atoms with Crippen LogP contribution >= 0.6 is 11.8 Å². The Hall–Kier alpha value is -1.37. The Bertz CT molecular complexity index is 716. The summed E-state index contributed by atoms with van der Waals surface area (Å²) in [6, 6.07) is -1.12. The Balaban J connectivity index is 2.07. The van der Waals surface area contributed by atoms with Gasteiger partial charge in [0.05, 0.1) is 19.8 Å². The Morgan fingerprint density at radius 1 is 0.972 bits per heavy atom. The number of ether oxygens (including phenoxy) is 4. The molecule has 2 saturated heterocycles. The number of thioether (sulfide) groups is 1. The van der Waals surface area contributed by atoms with Crippen molar-refractivity contribution in [2.24, 2.45) is 0 Å². The lowest BCUT2D eigenvalue weighted by Crippen LogP contribution is -2.68. The third-order valence-corrected chi connectivity index (χ3v) is 6.55. The van der Waals surface area contributed by atoms with Gasteiger partial charge in [-0.1, -0.05) is 6.58 Å². The molecular weight excluding hydrogens is 504 g/mol. The first-order chi connectivity index (χ1) is 17.1. The standard InChI is InChI=1S/C21H36N2O12S/c1-3-13(27)22-4-6-36-7-5-32-20-14(23-10(2)26)19(16(29)12(9-25)33-20)35-21-18(31)17(30)15(28)11(8-24)34-21/h3,11-12,14-21,24-25,28-31H,1,4-9H2,2H3,(H,22,27)(H,23,26)/t11-,12-,14-,15+,16+,17+,18-,19-,20+,21+/m1/s1. The minimum absolute atomic E-state index is 0.141. The van der Waals surface area contributed by atoms with Crippen molar-refractivity contribution in [2.75, 3.05) is 37.9 Å². The van der Waals surface area contributed by atoms with Crippen molar-refractivity contribution in [1.29, 1.82) is 0 Å². The van der Waals surface area contributed by atoms with Gasteiger partial charge in [0.2, 0.25) is 11.8 Å². The SMILES string of the molecule is C=CC(=O)NCCSCCO[C@H]1O[C@H](CO)[C@H](O)[C@H](O[C@@H]2O[C@H](CO)[C@H](O)[C@H](O)[C@H]2O)[C@H]1NC(C)=O. The van der Waals surface area contributed by atoms with Gasteiger partial charge < -0.3 is 60.2 Å². The molecule has 2 amide bonds. The zero-order valence-electron chi connectivity index (χ0n) is 19.8. The first kappa shape index (κ1) is 30.9. The van der Waals surface area contributed by atoms with E-state index in [4.69, 9.17) is 18.9 Å². The van der Waals surface area contributed by atoms with Crippen molar-refractivity contribution in [3.63, 3.8) is 0 Å². The normalized spacial score (nSPS) is 36.8. The second-order valence-electron chi connectivity index (χ2n) is 8.22. The molecule has 2 heterocycles. The summed E-state index contributed by atoms with van der Waals surface area (Å²) in [4.78, 5) is 23.0. The number of carbonyl (C=O) groups is 2. The van der Waals surface area contributed by atoms with Crippen LogP contribution < -0.4 is 10.6 Å². The van der Waals surface area contributed by atoms with Gasteiger partial charge in [-0.2, -0.15) is 11.8 Å². The topological polar surface area (TPSA) is 216 Å².